The number of hydrogen-bond donors (Lipinski definition) is 2. The summed E-state index contributed by atoms with van der Waals surface area (Å²) >= 11 is 0. The van der Waals surface area contributed by atoms with Crippen molar-refractivity contribution < 1.29 is 24.2 Å². The van der Waals surface area contributed by atoms with E-state index in [-0.39, 0.29) is 47.3 Å². The summed E-state index contributed by atoms with van der Waals surface area (Å²) in [5.41, 5.74) is 2.69. The Morgan fingerprint density at radius 1 is 0.956 bits per heavy atom. The molecular formula is C38H56N2O5. The largest absolute Gasteiger partial charge is 0.493 e. The molecule has 0 heterocycles. The second-order valence-electron chi connectivity index (χ2n) is 15.4. The molecule has 1 aromatic carbocycles. The average Bonchev–Trinajstić information content (AvgIpc) is 3.40. The predicted molar refractivity (Wildman–Crippen MR) is 176 cm³/mol. The molecule has 4 saturated carbocycles. The molecule has 6 rings (SSSR count). The number of aliphatic hydroxyl groups is 1. The highest BCUT2D eigenvalue weighted by atomic mass is 16.5. The number of methoxy groups -OCH3 is 2. The van der Waals surface area contributed by atoms with Gasteiger partial charge in [0, 0.05) is 18.5 Å². The minimum absolute atomic E-state index is 0.0247. The summed E-state index contributed by atoms with van der Waals surface area (Å²) in [5.74, 6) is 3.21. The fourth-order valence-corrected chi connectivity index (χ4v) is 10.5. The molecular weight excluding hydrogens is 564 g/mol. The maximum absolute atomic E-state index is 14.6. The van der Waals surface area contributed by atoms with Gasteiger partial charge in [0.2, 0.25) is 11.8 Å². The number of benzene rings is 1. The van der Waals surface area contributed by atoms with Gasteiger partial charge in [0.15, 0.2) is 11.5 Å². The van der Waals surface area contributed by atoms with Crippen LogP contribution >= 0.6 is 0 Å². The Morgan fingerprint density at radius 2 is 1.73 bits per heavy atom. The van der Waals surface area contributed by atoms with E-state index in [1.54, 1.807) is 14.2 Å². The van der Waals surface area contributed by atoms with Crippen LogP contribution in [0.4, 0.5) is 0 Å². The number of nitrogens with one attached hydrogen (secondary N) is 1. The highest BCUT2D eigenvalue weighted by molar-refractivity contribution is 5.86. The lowest BCUT2D eigenvalue weighted by Crippen LogP contribution is -2.53. The summed E-state index contributed by atoms with van der Waals surface area (Å²) in [6, 6.07) is 6.14. The Labute approximate surface area is 270 Å². The molecule has 5 aliphatic rings. The standard InChI is InChI=1S/C38H56N2O5/c1-37-19-16-28(41)23-26(37)11-12-29-30-13-14-32(38(30,2)20-17-31(29)37)36(43)40(24-35(42)39-27-8-6-5-7-9-27)21-18-25-10-15-33(44-3)34(22-25)45-4/h10-11,15,22,27-32,41H,5-9,12-14,16-21,23-24H2,1-4H3,(H,39,42)/t28-,29-,30-,31-,32+,37-,38-/m0/s1. The van der Waals surface area contributed by atoms with E-state index in [4.69, 9.17) is 9.47 Å². The van der Waals surface area contributed by atoms with Crippen LogP contribution in [0.5, 0.6) is 11.5 Å². The van der Waals surface area contributed by atoms with Crippen LogP contribution in [0.2, 0.25) is 0 Å². The van der Waals surface area contributed by atoms with Crippen LogP contribution in [0.3, 0.4) is 0 Å². The number of carbonyl (C=O) groups is 2. The zero-order chi connectivity index (χ0) is 31.8. The molecule has 4 fully saturated rings. The van der Waals surface area contributed by atoms with Crippen LogP contribution in [0.1, 0.15) is 103 Å². The number of rotatable bonds is 9. The van der Waals surface area contributed by atoms with Crippen molar-refractivity contribution >= 4 is 11.8 Å². The first-order chi connectivity index (χ1) is 21.7. The van der Waals surface area contributed by atoms with Crippen molar-refractivity contribution in [2.75, 3.05) is 27.3 Å². The van der Waals surface area contributed by atoms with Gasteiger partial charge in [-0.05, 0) is 117 Å². The molecule has 0 aliphatic heterocycles. The molecule has 248 valence electrons. The Kier molecular flexibility index (Phi) is 9.57. The monoisotopic (exact) mass is 620 g/mol. The quantitative estimate of drug-likeness (QED) is 0.309. The highest BCUT2D eigenvalue weighted by Gasteiger charge is 2.60. The topological polar surface area (TPSA) is 88.1 Å². The number of fused-ring (bicyclic) bond motifs is 5. The number of aliphatic hydroxyl groups excluding tert-OH is 1. The summed E-state index contributed by atoms with van der Waals surface area (Å²) in [7, 11) is 3.27. The number of allylic oxidation sites excluding steroid dienone is 1. The van der Waals surface area contributed by atoms with Gasteiger partial charge in [0.25, 0.3) is 0 Å². The summed E-state index contributed by atoms with van der Waals surface area (Å²) in [5, 5.41) is 13.7. The van der Waals surface area contributed by atoms with E-state index < -0.39 is 0 Å². The third-order valence-corrected chi connectivity index (χ3v) is 13.1. The van der Waals surface area contributed by atoms with Crippen LogP contribution in [0.25, 0.3) is 0 Å². The van der Waals surface area contributed by atoms with E-state index in [9.17, 15) is 14.7 Å². The zero-order valence-corrected chi connectivity index (χ0v) is 28.1. The normalized spacial score (nSPS) is 34.5. The second kappa shape index (κ2) is 13.3. The number of nitrogens with zero attached hydrogens (tertiary/aromatic N) is 1. The Bertz CT molecular complexity index is 1270. The van der Waals surface area contributed by atoms with Crippen LogP contribution in [0, 0.1) is 34.5 Å². The zero-order valence-electron chi connectivity index (χ0n) is 28.1. The highest BCUT2D eigenvalue weighted by Crippen LogP contribution is 2.66. The molecule has 0 radical (unpaired) electrons. The number of ether oxygens (including phenoxy) is 2. The van der Waals surface area contributed by atoms with Gasteiger partial charge in [0.1, 0.15) is 0 Å². The van der Waals surface area contributed by atoms with Gasteiger partial charge in [-0.1, -0.05) is 50.8 Å². The van der Waals surface area contributed by atoms with Crippen molar-refractivity contribution in [1.82, 2.24) is 10.2 Å². The lowest BCUT2D eigenvalue weighted by molar-refractivity contribution is -0.145. The summed E-state index contributed by atoms with van der Waals surface area (Å²) < 4.78 is 11.0. The van der Waals surface area contributed by atoms with Crippen molar-refractivity contribution in [3.63, 3.8) is 0 Å². The fourth-order valence-electron chi connectivity index (χ4n) is 10.5. The fraction of sp³-hybridized carbons (Fsp3) is 0.737. The Morgan fingerprint density at radius 3 is 2.49 bits per heavy atom. The van der Waals surface area contributed by atoms with Crippen molar-refractivity contribution in [3.8, 4) is 11.5 Å². The van der Waals surface area contributed by atoms with Gasteiger partial charge in [-0.2, -0.15) is 0 Å². The van der Waals surface area contributed by atoms with Crippen molar-refractivity contribution in [1.29, 1.82) is 0 Å². The summed E-state index contributed by atoms with van der Waals surface area (Å²) in [6.07, 6.45) is 16.7. The summed E-state index contributed by atoms with van der Waals surface area (Å²) in [6.45, 7) is 5.48. The molecule has 0 saturated heterocycles. The molecule has 2 amide bonds. The molecule has 2 N–H and O–H groups in total. The molecule has 7 atom stereocenters. The SMILES string of the molecule is COc1ccc(CCN(CC(=O)NC2CCCCC2)C(=O)[C@H]2CC[C@H]3[C@@H]4CC=C5C[C@@H](O)CC[C@]5(C)[C@H]4CC[C@]23C)cc1OC. The van der Waals surface area contributed by atoms with E-state index in [0.717, 1.165) is 82.6 Å². The van der Waals surface area contributed by atoms with Gasteiger partial charge in [-0.25, -0.2) is 0 Å². The maximum atomic E-state index is 14.6. The minimum atomic E-state index is -0.191. The average molecular weight is 621 g/mol. The first-order valence-corrected chi connectivity index (χ1v) is 17.8. The van der Waals surface area contributed by atoms with E-state index in [0.29, 0.717) is 42.2 Å². The Hall–Kier alpha value is -2.54. The van der Waals surface area contributed by atoms with Gasteiger partial charge in [-0.3, -0.25) is 9.59 Å². The van der Waals surface area contributed by atoms with E-state index in [1.807, 2.05) is 23.1 Å². The van der Waals surface area contributed by atoms with Crippen LogP contribution in [-0.4, -0.2) is 61.3 Å². The van der Waals surface area contributed by atoms with Crippen molar-refractivity contribution in [2.45, 2.75) is 116 Å². The lowest BCUT2D eigenvalue weighted by Gasteiger charge is -2.58. The first-order valence-electron chi connectivity index (χ1n) is 17.8. The molecule has 0 spiro atoms. The minimum Gasteiger partial charge on any atom is -0.493 e. The molecule has 1 aromatic rings. The van der Waals surface area contributed by atoms with Crippen molar-refractivity contribution in [3.05, 3.63) is 35.4 Å². The third kappa shape index (κ3) is 6.27. The first kappa shape index (κ1) is 32.4. The molecule has 0 aromatic heterocycles. The Balaban J connectivity index is 1.20. The second-order valence-corrected chi connectivity index (χ2v) is 15.4. The van der Waals surface area contributed by atoms with Crippen LogP contribution < -0.4 is 14.8 Å². The molecule has 7 heteroatoms. The molecule has 0 bridgehead atoms. The molecule has 7 nitrogen and oxygen atoms in total. The van der Waals surface area contributed by atoms with Gasteiger partial charge >= 0.3 is 0 Å². The molecule has 0 unspecified atom stereocenters. The molecule has 45 heavy (non-hydrogen) atoms. The summed E-state index contributed by atoms with van der Waals surface area (Å²) in [4.78, 5) is 29.9. The van der Waals surface area contributed by atoms with Gasteiger partial charge in [0.05, 0.1) is 26.9 Å². The van der Waals surface area contributed by atoms with Gasteiger partial charge < -0.3 is 24.8 Å². The lowest BCUT2D eigenvalue weighted by atomic mass is 9.47. The van der Waals surface area contributed by atoms with E-state index >= 15 is 0 Å². The van der Waals surface area contributed by atoms with Gasteiger partial charge in [-0.15, -0.1) is 0 Å². The molecule has 5 aliphatic carbocycles. The number of hydrogen-bond acceptors (Lipinski definition) is 5. The smallest absolute Gasteiger partial charge is 0.239 e. The maximum Gasteiger partial charge on any atom is 0.239 e. The van der Waals surface area contributed by atoms with E-state index in [1.165, 1.54) is 12.0 Å². The van der Waals surface area contributed by atoms with Crippen LogP contribution in [-0.2, 0) is 16.0 Å². The predicted octanol–water partition coefficient (Wildman–Crippen LogP) is 6.46. The number of carbonyl (C=O) groups excluding carboxylic acids is 2. The van der Waals surface area contributed by atoms with Crippen molar-refractivity contribution in [2.24, 2.45) is 34.5 Å². The van der Waals surface area contributed by atoms with E-state index in [2.05, 4.69) is 25.2 Å². The number of amides is 2. The third-order valence-electron chi connectivity index (χ3n) is 13.1. The van der Waals surface area contributed by atoms with Crippen LogP contribution in [0.15, 0.2) is 29.8 Å².